The smallest absolute Gasteiger partial charge is 0.261 e. The second-order valence-corrected chi connectivity index (χ2v) is 8.98. The van der Waals surface area contributed by atoms with Crippen LogP contribution < -0.4 is 10.1 Å². The predicted molar refractivity (Wildman–Crippen MR) is 129 cm³/mol. The predicted octanol–water partition coefficient (Wildman–Crippen LogP) is 5.86. The average Bonchev–Trinajstić information content (AvgIpc) is 2.74. The van der Waals surface area contributed by atoms with E-state index in [2.05, 4.69) is 21.2 Å². The van der Waals surface area contributed by atoms with Crippen molar-refractivity contribution in [3.63, 3.8) is 0 Å². The summed E-state index contributed by atoms with van der Waals surface area (Å²) in [6, 6.07) is 11.7. The number of hydrogen-bond donors (Lipinski definition) is 1. The Balaban J connectivity index is 2.22. The fourth-order valence-electron chi connectivity index (χ4n) is 2.96. The van der Waals surface area contributed by atoms with Gasteiger partial charge in [-0.1, -0.05) is 49.2 Å². The Morgan fingerprint density at radius 3 is 2.29 bits per heavy atom. The Hall–Kier alpha value is -1.76. The molecule has 0 spiro atoms. The maximum Gasteiger partial charge on any atom is 0.261 e. The average molecular weight is 530 g/mol. The van der Waals surface area contributed by atoms with E-state index in [1.807, 2.05) is 32.9 Å². The summed E-state index contributed by atoms with van der Waals surface area (Å²) in [4.78, 5) is 27.7. The lowest BCUT2D eigenvalue weighted by atomic mass is 10.1. The quantitative estimate of drug-likeness (QED) is 0.419. The van der Waals surface area contributed by atoms with Crippen LogP contribution >= 0.6 is 39.1 Å². The van der Waals surface area contributed by atoms with Crippen LogP contribution in [0.25, 0.3) is 0 Å². The van der Waals surface area contributed by atoms with E-state index in [1.54, 1.807) is 35.2 Å². The van der Waals surface area contributed by atoms with Crippen LogP contribution in [0.5, 0.6) is 5.75 Å². The van der Waals surface area contributed by atoms with Crippen LogP contribution in [0.4, 0.5) is 0 Å². The Morgan fingerprint density at radius 1 is 1.06 bits per heavy atom. The lowest BCUT2D eigenvalue weighted by Crippen LogP contribution is -2.51. The number of halogens is 3. The van der Waals surface area contributed by atoms with Gasteiger partial charge in [-0.2, -0.15) is 0 Å². The molecular formula is C23H27BrCl2N2O3. The number of rotatable bonds is 10. The summed E-state index contributed by atoms with van der Waals surface area (Å²) in [6.45, 7) is 5.89. The van der Waals surface area contributed by atoms with E-state index in [0.717, 1.165) is 12.0 Å². The van der Waals surface area contributed by atoms with E-state index in [-0.39, 0.29) is 31.0 Å². The Morgan fingerprint density at radius 2 is 1.71 bits per heavy atom. The molecule has 0 saturated heterocycles. The van der Waals surface area contributed by atoms with Crippen LogP contribution in [0.2, 0.25) is 10.0 Å². The Labute approximate surface area is 202 Å². The van der Waals surface area contributed by atoms with Gasteiger partial charge in [0, 0.05) is 22.6 Å². The van der Waals surface area contributed by atoms with Gasteiger partial charge in [0.15, 0.2) is 6.61 Å². The van der Waals surface area contributed by atoms with Gasteiger partial charge in [0.1, 0.15) is 11.8 Å². The molecule has 0 bridgehead atoms. The maximum atomic E-state index is 13.2. The van der Waals surface area contributed by atoms with Gasteiger partial charge in [-0.25, -0.2) is 0 Å². The maximum absolute atomic E-state index is 13.2. The van der Waals surface area contributed by atoms with Gasteiger partial charge >= 0.3 is 0 Å². The number of benzene rings is 2. The Kier molecular flexibility index (Phi) is 10.1. The van der Waals surface area contributed by atoms with Gasteiger partial charge in [-0.3, -0.25) is 9.59 Å². The summed E-state index contributed by atoms with van der Waals surface area (Å²) in [5.41, 5.74) is 0.875. The zero-order chi connectivity index (χ0) is 23.0. The zero-order valence-corrected chi connectivity index (χ0v) is 20.9. The van der Waals surface area contributed by atoms with Crippen molar-refractivity contribution in [2.45, 2.75) is 52.2 Å². The van der Waals surface area contributed by atoms with Crippen molar-refractivity contribution in [2.24, 2.45) is 0 Å². The molecule has 2 aromatic rings. The first kappa shape index (κ1) is 25.5. The van der Waals surface area contributed by atoms with Crippen molar-refractivity contribution in [1.82, 2.24) is 10.2 Å². The van der Waals surface area contributed by atoms with E-state index >= 15 is 0 Å². The zero-order valence-electron chi connectivity index (χ0n) is 17.8. The third-order valence-corrected chi connectivity index (χ3v) is 6.00. The normalized spacial score (nSPS) is 12.7. The molecule has 1 N–H and O–H groups in total. The first-order valence-electron chi connectivity index (χ1n) is 10.2. The van der Waals surface area contributed by atoms with Crippen molar-refractivity contribution in [3.8, 4) is 5.75 Å². The van der Waals surface area contributed by atoms with Crippen LogP contribution in [0.3, 0.4) is 0 Å². The van der Waals surface area contributed by atoms with E-state index in [4.69, 9.17) is 27.9 Å². The third kappa shape index (κ3) is 7.70. The van der Waals surface area contributed by atoms with E-state index in [9.17, 15) is 9.59 Å². The molecule has 2 rings (SSSR count). The third-order valence-electron chi connectivity index (χ3n) is 4.90. The first-order valence-corrected chi connectivity index (χ1v) is 11.7. The SMILES string of the molecule is CC[C@H](C)NC(=O)[C@H](CC)N(Cc1ccc(Cl)cc1)C(=O)COc1ccc(Cl)cc1Br. The van der Waals surface area contributed by atoms with Crippen molar-refractivity contribution in [3.05, 3.63) is 62.5 Å². The van der Waals surface area contributed by atoms with Crippen LogP contribution in [-0.2, 0) is 16.1 Å². The topological polar surface area (TPSA) is 58.6 Å². The molecule has 0 heterocycles. The molecule has 0 aliphatic heterocycles. The molecule has 0 fully saturated rings. The number of amides is 2. The summed E-state index contributed by atoms with van der Waals surface area (Å²) in [6.07, 6.45) is 1.28. The van der Waals surface area contributed by atoms with Crippen molar-refractivity contribution >= 4 is 50.9 Å². The fourth-order valence-corrected chi connectivity index (χ4v) is 3.88. The monoisotopic (exact) mass is 528 g/mol. The van der Waals surface area contributed by atoms with Crippen molar-refractivity contribution in [2.75, 3.05) is 6.61 Å². The van der Waals surface area contributed by atoms with Gasteiger partial charge < -0.3 is 15.0 Å². The number of nitrogens with zero attached hydrogens (tertiary/aromatic N) is 1. The molecule has 0 aromatic heterocycles. The van der Waals surface area contributed by atoms with Crippen molar-refractivity contribution < 1.29 is 14.3 Å². The summed E-state index contributed by atoms with van der Waals surface area (Å²) >= 11 is 15.3. The number of ether oxygens (including phenoxy) is 1. The second-order valence-electron chi connectivity index (χ2n) is 7.25. The molecule has 8 heteroatoms. The van der Waals surface area contributed by atoms with Gasteiger partial charge in [0.05, 0.1) is 4.47 Å². The highest BCUT2D eigenvalue weighted by molar-refractivity contribution is 9.10. The Bertz CT molecular complexity index is 893. The van der Waals surface area contributed by atoms with Crippen molar-refractivity contribution in [1.29, 1.82) is 0 Å². The fraction of sp³-hybridized carbons (Fsp3) is 0.391. The lowest BCUT2D eigenvalue weighted by molar-refractivity contribution is -0.143. The minimum Gasteiger partial charge on any atom is -0.483 e. The minimum absolute atomic E-state index is 0.0234. The van der Waals surface area contributed by atoms with Crippen LogP contribution in [0, 0.1) is 0 Å². The van der Waals surface area contributed by atoms with E-state index in [1.165, 1.54) is 0 Å². The van der Waals surface area contributed by atoms with Gasteiger partial charge in [-0.05, 0) is 71.6 Å². The van der Waals surface area contributed by atoms with Gasteiger partial charge in [0.25, 0.3) is 5.91 Å². The number of hydrogen-bond acceptors (Lipinski definition) is 3. The molecule has 0 saturated carbocycles. The van der Waals surface area contributed by atoms with Crippen LogP contribution in [0.1, 0.15) is 39.2 Å². The van der Waals surface area contributed by atoms with Crippen LogP contribution in [0.15, 0.2) is 46.9 Å². The molecule has 5 nitrogen and oxygen atoms in total. The summed E-state index contributed by atoms with van der Waals surface area (Å²) < 4.78 is 6.37. The lowest BCUT2D eigenvalue weighted by Gasteiger charge is -2.31. The summed E-state index contributed by atoms with van der Waals surface area (Å²) in [7, 11) is 0. The molecule has 0 aliphatic carbocycles. The highest BCUT2D eigenvalue weighted by atomic mass is 79.9. The molecule has 0 aliphatic rings. The van der Waals surface area contributed by atoms with Gasteiger partial charge in [-0.15, -0.1) is 0 Å². The standard InChI is InChI=1S/C23H27BrCl2N2O3/c1-4-15(3)27-23(30)20(5-2)28(13-16-6-8-17(25)9-7-16)22(29)14-31-21-11-10-18(26)12-19(21)24/h6-12,15,20H,4-5,13-14H2,1-3H3,(H,27,30)/t15-,20-/m0/s1. The molecule has 2 amide bonds. The molecule has 168 valence electrons. The molecule has 0 unspecified atom stereocenters. The highest BCUT2D eigenvalue weighted by Gasteiger charge is 2.29. The first-order chi connectivity index (χ1) is 14.7. The largest absolute Gasteiger partial charge is 0.483 e. The molecule has 31 heavy (non-hydrogen) atoms. The molecule has 2 atom stereocenters. The number of nitrogens with one attached hydrogen (secondary N) is 1. The molecule has 2 aromatic carbocycles. The number of carbonyl (C=O) groups is 2. The van der Waals surface area contributed by atoms with Crippen LogP contribution in [-0.4, -0.2) is 35.4 Å². The molecule has 0 radical (unpaired) electrons. The summed E-state index contributed by atoms with van der Waals surface area (Å²) in [5, 5.41) is 4.15. The highest BCUT2D eigenvalue weighted by Crippen LogP contribution is 2.28. The summed E-state index contributed by atoms with van der Waals surface area (Å²) in [5.74, 6) is 0.0380. The molecular weight excluding hydrogens is 503 g/mol. The van der Waals surface area contributed by atoms with E-state index in [0.29, 0.717) is 26.7 Å². The van der Waals surface area contributed by atoms with E-state index < -0.39 is 6.04 Å². The second kappa shape index (κ2) is 12.3. The van der Waals surface area contributed by atoms with Gasteiger partial charge in [0.2, 0.25) is 5.91 Å². The number of carbonyl (C=O) groups excluding carboxylic acids is 2. The minimum atomic E-state index is -0.616.